The number of amides is 1. The molecule has 7 nitrogen and oxygen atoms in total. The summed E-state index contributed by atoms with van der Waals surface area (Å²) in [6.45, 7) is 1.19. The van der Waals surface area contributed by atoms with Gasteiger partial charge in [0, 0.05) is 25.0 Å². The van der Waals surface area contributed by atoms with E-state index < -0.39 is 0 Å². The van der Waals surface area contributed by atoms with Gasteiger partial charge in [0.05, 0.1) is 18.7 Å². The first-order chi connectivity index (χ1) is 11.8. The number of hydrogen-bond donors (Lipinski definition) is 2. The van der Waals surface area contributed by atoms with Crippen molar-refractivity contribution in [2.45, 2.75) is 37.4 Å². The first-order valence-electron chi connectivity index (χ1n) is 8.39. The van der Waals surface area contributed by atoms with Gasteiger partial charge in [0.15, 0.2) is 0 Å². The maximum absolute atomic E-state index is 12.7. The van der Waals surface area contributed by atoms with Gasteiger partial charge >= 0.3 is 0 Å². The Labute approximate surface area is 140 Å². The number of hydrogen-bond acceptors (Lipinski definition) is 5. The molecule has 0 radical (unpaired) electrons. The summed E-state index contributed by atoms with van der Waals surface area (Å²) in [4.78, 5) is 20.8. The third-order valence-electron chi connectivity index (χ3n) is 4.54. The predicted octanol–water partition coefficient (Wildman–Crippen LogP) is 1.61. The van der Waals surface area contributed by atoms with Gasteiger partial charge in [-0.2, -0.15) is 0 Å². The monoisotopic (exact) mass is 327 g/mol. The second kappa shape index (κ2) is 6.60. The highest BCUT2D eigenvalue weighted by Crippen LogP contribution is 2.36. The molecule has 1 aliphatic heterocycles. The zero-order valence-electron chi connectivity index (χ0n) is 13.4. The topological polar surface area (TPSA) is 81.1 Å². The Bertz CT molecular complexity index is 698. The van der Waals surface area contributed by atoms with Crippen LogP contribution in [0.4, 0.5) is 5.82 Å². The van der Waals surface area contributed by atoms with Gasteiger partial charge in [0.1, 0.15) is 17.8 Å². The van der Waals surface area contributed by atoms with Crippen LogP contribution in [0, 0.1) is 0 Å². The Morgan fingerprint density at radius 2 is 2.17 bits per heavy atom. The molecule has 0 aromatic carbocycles. The number of carbonyl (C=O) groups is 1. The van der Waals surface area contributed by atoms with Crippen LogP contribution in [0.25, 0.3) is 0 Å². The maximum atomic E-state index is 12.7. The molecular formula is C17H21N5O2. The summed E-state index contributed by atoms with van der Waals surface area (Å²) < 4.78 is 7.65. The van der Waals surface area contributed by atoms with Gasteiger partial charge in [-0.25, -0.2) is 9.97 Å². The largest absolute Gasteiger partial charge is 0.379 e. The van der Waals surface area contributed by atoms with E-state index in [1.54, 1.807) is 6.20 Å². The van der Waals surface area contributed by atoms with Crippen molar-refractivity contribution in [2.75, 3.05) is 18.5 Å². The van der Waals surface area contributed by atoms with E-state index >= 15 is 0 Å². The molecule has 2 fully saturated rings. The summed E-state index contributed by atoms with van der Waals surface area (Å²) >= 11 is 0. The van der Waals surface area contributed by atoms with Crippen molar-refractivity contribution in [2.24, 2.45) is 0 Å². The molecule has 2 aromatic rings. The fraction of sp³-hybridized carbons (Fsp3) is 0.471. The Morgan fingerprint density at radius 1 is 1.25 bits per heavy atom. The van der Waals surface area contributed by atoms with Crippen molar-refractivity contribution in [1.82, 2.24) is 19.9 Å². The van der Waals surface area contributed by atoms with Gasteiger partial charge in [0.25, 0.3) is 5.91 Å². The third kappa shape index (κ3) is 3.26. The molecule has 1 amide bonds. The first-order valence-corrected chi connectivity index (χ1v) is 8.39. The molecule has 1 saturated carbocycles. The van der Waals surface area contributed by atoms with Crippen molar-refractivity contribution in [3.05, 3.63) is 42.6 Å². The van der Waals surface area contributed by atoms with Crippen molar-refractivity contribution in [1.29, 1.82) is 0 Å². The second-order valence-electron chi connectivity index (χ2n) is 6.32. The third-order valence-corrected chi connectivity index (χ3v) is 4.54. The minimum Gasteiger partial charge on any atom is -0.379 e. The molecule has 2 atom stereocenters. The average molecular weight is 327 g/mol. The van der Waals surface area contributed by atoms with Crippen LogP contribution < -0.4 is 10.6 Å². The average Bonchev–Trinajstić information content (AvgIpc) is 3.34. The van der Waals surface area contributed by atoms with E-state index in [4.69, 9.17) is 4.74 Å². The van der Waals surface area contributed by atoms with E-state index in [0.717, 1.165) is 30.8 Å². The van der Waals surface area contributed by atoms with Gasteiger partial charge in [-0.05, 0) is 37.5 Å². The van der Waals surface area contributed by atoms with E-state index in [0.29, 0.717) is 19.3 Å². The zero-order chi connectivity index (χ0) is 16.4. The van der Waals surface area contributed by atoms with E-state index in [1.165, 1.54) is 6.33 Å². The van der Waals surface area contributed by atoms with Crippen LogP contribution in [-0.4, -0.2) is 45.7 Å². The minimum atomic E-state index is -0.0201. The van der Waals surface area contributed by atoms with Crippen molar-refractivity contribution < 1.29 is 9.53 Å². The molecule has 4 rings (SSSR count). The summed E-state index contributed by atoms with van der Waals surface area (Å²) in [7, 11) is 0. The predicted molar refractivity (Wildman–Crippen MR) is 88.8 cm³/mol. The fourth-order valence-electron chi connectivity index (χ4n) is 3.12. The minimum absolute atomic E-state index is 0.00349. The Kier molecular flexibility index (Phi) is 4.17. The molecule has 0 unspecified atom stereocenters. The second-order valence-corrected chi connectivity index (χ2v) is 6.32. The lowest BCUT2D eigenvalue weighted by Gasteiger charge is -2.33. The van der Waals surface area contributed by atoms with Crippen LogP contribution in [0.1, 0.15) is 35.8 Å². The maximum Gasteiger partial charge on any atom is 0.268 e. The first kappa shape index (κ1) is 15.1. The van der Waals surface area contributed by atoms with Crippen LogP contribution in [-0.2, 0) is 4.74 Å². The van der Waals surface area contributed by atoms with Crippen LogP contribution in [0.15, 0.2) is 36.9 Å². The highest BCUT2D eigenvalue weighted by molar-refractivity contribution is 5.93. The quantitative estimate of drug-likeness (QED) is 0.872. The normalized spacial score (nSPS) is 23.7. The molecule has 1 saturated heterocycles. The molecule has 126 valence electrons. The lowest BCUT2D eigenvalue weighted by molar-refractivity contribution is 0.0616. The molecule has 2 N–H and O–H groups in total. The molecule has 2 aromatic heterocycles. The van der Waals surface area contributed by atoms with Gasteiger partial charge in [0.2, 0.25) is 0 Å². The van der Waals surface area contributed by atoms with Crippen molar-refractivity contribution >= 4 is 11.7 Å². The van der Waals surface area contributed by atoms with Crippen molar-refractivity contribution in [3.8, 4) is 0 Å². The molecule has 0 bridgehead atoms. The summed E-state index contributed by atoms with van der Waals surface area (Å²) in [6, 6.07) is 6.12. The Balaban J connectivity index is 1.44. The van der Waals surface area contributed by atoms with Gasteiger partial charge in [-0.15, -0.1) is 0 Å². The van der Waals surface area contributed by atoms with Crippen LogP contribution >= 0.6 is 0 Å². The van der Waals surface area contributed by atoms with Gasteiger partial charge < -0.3 is 19.9 Å². The number of aromatic nitrogens is 3. The summed E-state index contributed by atoms with van der Waals surface area (Å²) in [6.07, 6.45) is 8.28. The molecule has 7 heteroatoms. The van der Waals surface area contributed by atoms with E-state index in [2.05, 4.69) is 25.2 Å². The summed E-state index contributed by atoms with van der Waals surface area (Å²) in [5.41, 5.74) is 0.741. The van der Waals surface area contributed by atoms with E-state index in [9.17, 15) is 4.79 Å². The van der Waals surface area contributed by atoms with Crippen LogP contribution in [0.5, 0.6) is 0 Å². The van der Waals surface area contributed by atoms with E-state index in [1.807, 2.05) is 24.4 Å². The number of ether oxygens (including phenoxy) is 1. The number of nitrogens with one attached hydrogen (secondary N) is 2. The molecule has 2 aliphatic rings. The number of anilines is 1. The molecular weight excluding hydrogens is 306 g/mol. The SMILES string of the molecule is O=C(N[C@H]1CCOC[C@H]1Nc1ccncn1)c1cccn1C1CC1. The molecule has 3 heterocycles. The number of nitrogens with zero attached hydrogens (tertiary/aromatic N) is 3. The lowest BCUT2D eigenvalue weighted by Crippen LogP contribution is -2.52. The summed E-state index contributed by atoms with van der Waals surface area (Å²) in [5, 5.41) is 6.50. The molecule has 24 heavy (non-hydrogen) atoms. The van der Waals surface area contributed by atoms with Crippen molar-refractivity contribution in [3.63, 3.8) is 0 Å². The fourth-order valence-corrected chi connectivity index (χ4v) is 3.12. The molecule has 1 aliphatic carbocycles. The molecule has 0 spiro atoms. The smallest absolute Gasteiger partial charge is 0.268 e. The highest BCUT2D eigenvalue weighted by atomic mass is 16.5. The Hall–Kier alpha value is -2.41. The van der Waals surface area contributed by atoms with Crippen LogP contribution in [0.3, 0.4) is 0 Å². The lowest BCUT2D eigenvalue weighted by atomic mass is 10.0. The van der Waals surface area contributed by atoms with Crippen LogP contribution in [0.2, 0.25) is 0 Å². The number of rotatable bonds is 5. The standard InChI is InChI=1S/C17H21N5O2/c23-17(15-2-1-8-22(15)12-3-4-12)21-13-6-9-24-10-14(13)20-16-5-7-18-11-19-16/h1-2,5,7-8,11-14H,3-4,6,9-10H2,(H,21,23)(H,18,19,20)/t13-,14+/m0/s1. The zero-order valence-corrected chi connectivity index (χ0v) is 13.4. The van der Waals surface area contributed by atoms with Gasteiger partial charge in [-0.1, -0.05) is 0 Å². The van der Waals surface area contributed by atoms with E-state index in [-0.39, 0.29) is 18.0 Å². The highest BCUT2D eigenvalue weighted by Gasteiger charge is 2.30. The summed E-state index contributed by atoms with van der Waals surface area (Å²) in [5.74, 6) is 0.717. The number of carbonyl (C=O) groups excluding carboxylic acids is 1. The Morgan fingerprint density at radius 3 is 2.96 bits per heavy atom. The van der Waals surface area contributed by atoms with Gasteiger partial charge in [-0.3, -0.25) is 4.79 Å².